The van der Waals surface area contributed by atoms with Gasteiger partial charge in [-0.1, -0.05) is 94.9 Å². The fraction of sp³-hybridized carbons (Fsp3) is 0.353. The Bertz CT molecular complexity index is 1410. The Kier molecular flexibility index (Phi) is 10.2. The summed E-state index contributed by atoms with van der Waals surface area (Å²) < 4.78 is 0. The molecule has 3 aromatic rings. The maximum absolute atomic E-state index is 5.09. The largest absolute Gasteiger partial charge is 2.00 e. The van der Waals surface area contributed by atoms with Crippen LogP contribution in [0.4, 0.5) is 0 Å². The number of hydrogen-bond donors (Lipinski definition) is 0. The summed E-state index contributed by atoms with van der Waals surface area (Å²) in [7, 11) is 0. The molecule has 5 heteroatoms. The smallest absolute Gasteiger partial charge is 0.657 e. The van der Waals surface area contributed by atoms with Crippen molar-refractivity contribution in [2.24, 2.45) is 0 Å². The first kappa shape index (κ1) is 28.8. The molecule has 2 aliphatic rings. The Morgan fingerprint density at radius 2 is 1.10 bits per heavy atom. The van der Waals surface area contributed by atoms with E-state index in [0.29, 0.717) is 0 Å². The molecule has 2 aliphatic heterocycles. The maximum atomic E-state index is 5.09. The first-order valence-corrected chi connectivity index (χ1v) is 14.3. The molecule has 5 rings (SSSR count). The molecular weight excluding hydrogens is 523 g/mol. The normalized spacial score (nSPS) is 12.1. The van der Waals surface area contributed by atoms with Crippen LogP contribution < -0.4 is 9.97 Å². The quantitative estimate of drug-likeness (QED) is 0.120. The van der Waals surface area contributed by atoms with Crippen molar-refractivity contribution in [2.45, 2.75) is 78.1 Å². The number of rotatable bonds is 11. The molecule has 0 saturated heterocycles. The van der Waals surface area contributed by atoms with Crippen LogP contribution in [0, 0.1) is 0 Å². The van der Waals surface area contributed by atoms with Crippen LogP contribution in [0.25, 0.3) is 52.4 Å². The van der Waals surface area contributed by atoms with E-state index in [0.717, 1.165) is 76.1 Å². The molecular formula is C34H38N4Ni. The van der Waals surface area contributed by atoms with Crippen molar-refractivity contribution in [2.75, 3.05) is 0 Å². The number of nitrogens with zero attached hydrogens (tertiary/aromatic N) is 4. The zero-order valence-electron chi connectivity index (χ0n) is 23.2. The van der Waals surface area contributed by atoms with E-state index in [9.17, 15) is 0 Å². The molecule has 4 nitrogen and oxygen atoms in total. The van der Waals surface area contributed by atoms with Crippen LogP contribution in [0.2, 0.25) is 0 Å². The number of fused-ring (bicyclic) bond motifs is 8. The third kappa shape index (κ3) is 6.71. The zero-order valence-corrected chi connectivity index (χ0v) is 24.1. The first-order valence-electron chi connectivity index (χ1n) is 14.3. The van der Waals surface area contributed by atoms with Crippen LogP contribution in [-0.4, -0.2) is 9.97 Å². The third-order valence-corrected chi connectivity index (χ3v) is 7.45. The Morgan fingerprint density at radius 1 is 0.641 bits per heavy atom. The molecule has 5 heterocycles. The van der Waals surface area contributed by atoms with Gasteiger partial charge in [-0.15, -0.1) is 22.1 Å². The molecule has 0 amide bonds. The topological polar surface area (TPSA) is 54.0 Å². The van der Waals surface area contributed by atoms with Crippen molar-refractivity contribution in [3.8, 4) is 0 Å². The third-order valence-electron chi connectivity index (χ3n) is 7.45. The van der Waals surface area contributed by atoms with Gasteiger partial charge in [0.25, 0.3) is 0 Å². The molecule has 0 fully saturated rings. The number of hydrogen-bond acceptors (Lipinski definition) is 2. The summed E-state index contributed by atoms with van der Waals surface area (Å²) in [4.78, 5) is 20.2. The monoisotopic (exact) mass is 560 g/mol. The summed E-state index contributed by atoms with van der Waals surface area (Å²) in [6, 6.07) is 10.5. The Hall–Kier alpha value is -3.17. The van der Waals surface area contributed by atoms with Crippen molar-refractivity contribution in [1.29, 1.82) is 0 Å². The second kappa shape index (κ2) is 13.8. The fourth-order valence-corrected chi connectivity index (χ4v) is 5.34. The molecule has 204 valence electrons. The van der Waals surface area contributed by atoms with Gasteiger partial charge in [0.05, 0.1) is 22.8 Å². The standard InChI is InChI=1S/C34H38N4.Ni/c1-4-7-9-11-13-27-31-17-15-24(35-31)23-25-16-18-32(36-25)28(14-12-10-8-5-2)34-22-20-30(38-34)26(6-3)29-19-21-33(27)37-29;/h6,15-23H,3-5,7-14H2,1-2H3;/q-2;+2. The zero-order chi connectivity index (χ0) is 26.3. The molecule has 0 spiro atoms. The molecule has 8 bridgehead atoms. The number of aromatic nitrogens is 4. The average molecular weight is 561 g/mol. The van der Waals surface area contributed by atoms with E-state index in [-0.39, 0.29) is 16.5 Å². The SMILES string of the molecule is C=Cc1c2ccc([n-]2)c(CCCCCC)c2nc(cc3nc(c(CCCCCC)c4ccc1[n-]4)C=C3)C=C2.[Ni+2]. The van der Waals surface area contributed by atoms with Crippen molar-refractivity contribution in [3.05, 3.63) is 76.4 Å². The van der Waals surface area contributed by atoms with Crippen LogP contribution in [-0.2, 0) is 29.3 Å². The Balaban J connectivity index is 0.00000353. The molecule has 0 aromatic carbocycles. The second-order valence-electron chi connectivity index (χ2n) is 10.3. The summed E-state index contributed by atoms with van der Waals surface area (Å²) in [5.41, 5.74) is 11.1. The predicted octanol–water partition coefficient (Wildman–Crippen LogP) is 8.80. The summed E-state index contributed by atoms with van der Waals surface area (Å²) in [6.45, 7) is 8.62. The van der Waals surface area contributed by atoms with Gasteiger partial charge in [0.2, 0.25) is 0 Å². The van der Waals surface area contributed by atoms with Gasteiger partial charge >= 0.3 is 16.5 Å². The molecule has 3 aromatic heterocycles. The fourth-order valence-electron chi connectivity index (χ4n) is 5.34. The van der Waals surface area contributed by atoms with Gasteiger partial charge in [-0.2, -0.15) is 0 Å². The minimum atomic E-state index is 0. The van der Waals surface area contributed by atoms with E-state index in [1.807, 2.05) is 6.08 Å². The van der Waals surface area contributed by atoms with E-state index in [2.05, 4.69) is 75.1 Å². The van der Waals surface area contributed by atoms with E-state index in [1.165, 1.54) is 49.7 Å². The van der Waals surface area contributed by atoms with Crippen LogP contribution in [0.15, 0.2) is 36.9 Å². The minimum Gasteiger partial charge on any atom is -0.657 e. The maximum Gasteiger partial charge on any atom is 2.00 e. The molecule has 0 unspecified atom stereocenters. The van der Waals surface area contributed by atoms with Gasteiger partial charge in [0.15, 0.2) is 0 Å². The van der Waals surface area contributed by atoms with Crippen LogP contribution in [0.5, 0.6) is 0 Å². The van der Waals surface area contributed by atoms with E-state index in [4.69, 9.17) is 19.9 Å². The van der Waals surface area contributed by atoms with E-state index in [1.54, 1.807) is 0 Å². The minimum absolute atomic E-state index is 0. The molecule has 0 N–H and O–H groups in total. The van der Waals surface area contributed by atoms with Crippen LogP contribution in [0.3, 0.4) is 0 Å². The van der Waals surface area contributed by atoms with E-state index < -0.39 is 0 Å². The number of unbranched alkanes of at least 4 members (excludes halogenated alkanes) is 6. The van der Waals surface area contributed by atoms with Gasteiger partial charge in [0.1, 0.15) is 0 Å². The summed E-state index contributed by atoms with van der Waals surface area (Å²) in [5, 5.41) is 0. The van der Waals surface area contributed by atoms with Gasteiger partial charge in [-0.05, 0) is 67.2 Å². The van der Waals surface area contributed by atoms with Crippen LogP contribution >= 0.6 is 0 Å². The van der Waals surface area contributed by atoms with Gasteiger partial charge in [-0.25, -0.2) is 9.97 Å². The second-order valence-corrected chi connectivity index (χ2v) is 10.3. The van der Waals surface area contributed by atoms with Crippen molar-refractivity contribution in [3.63, 3.8) is 0 Å². The molecule has 0 radical (unpaired) electrons. The average Bonchev–Trinajstić information content (AvgIpc) is 3.73. The van der Waals surface area contributed by atoms with Gasteiger partial charge in [0, 0.05) is 0 Å². The van der Waals surface area contributed by atoms with Gasteiger partial charge < -0.3 is 9.97 Å². The Labute approximate surface area is 242 Å². The molecule has 0 atom stereocenters. The van der Waals surface area contributed by atoms with Crippen molar-refractivity contribution in [1.82, 2.24) is 19.9 Å². The van der Waals surface area contributed by atoms with Gasteiger partial charge in [-0.3, -0.25) is 0 Å². The predicted molar refractivity (Wildman–Crippen MR) is 163 cm³/mol. The Morgan fingerprint density at radius 3 is 1.54 bits per heavy atom. The molecule has 0 aliphatic carbocycles. The van der Waals surface area contributed by atoms with E-state index >= 15 is 0 Å². The summed E-state index contributed by atoms with van der Waals surface area (Å²) >= 11 is 0. The van der Waals surface area contributed by atoms with Crippen molar-refractivity contribution < 1.29 is 16.5 Å². The number of aryl methyl sites for hydroxylation is 2. The molecule has 0 saturated carbocycles. The first-order chi connectivity index (χ1) is 18.7. The molecule has 39 heavy (non-hydrogen) atoms. The van der Waals surface area contributed by atoms with Crippen molar-refractivity contribution >= 4 is 52.4 Å². The summed E-state index contributed by atoms with van der Waals surface area (Å²) in [6.07, 6.45) is 21.9. The summed E-state index contributed by atoms with van der Waals surface area (Å²) in [5.74, 6) is 0. The van der Waals surface area contributed by atoms with Crippen LogP contribution in [0.1, 0.15) is 105 Å².